The lowest BCUT2D eigenvalue weighted by molar-refractivity contribution is 0.0896. The third kappa shape index (κ3) is 3.66. The molecule has 6 nitrogen and oxygen atoms in total. The topological polar surface area (TPSA) is 95.1 Å². The summed E-state index contributed by atoms with van der Waals surface area (Å²) in [6.45, 7) is 4.16. The van der Waals surface area contributed by atoms with Gasteiger partial charge in [-0.2, -0.15) is 5.10 Å². The Kier molecular flexibility index (Phi) is 4.70. The first-order valence-corrected chi connectivity index (χ1v) is 6.92. The van der Waals surface area contributed by atoms with Gasteiger partial charge in [-0.3, -0.25) is 9.59 Å². The van der Waals surface area contributed by atoms with E-state index < -0.39 is 12.0 Å². The first kappa shape index (κ1) is 15.2. The van der Waals surface area contributed by atoms with Gasteiger partial charge in [0, 0.05) is 11.9 Å². The number of amides is 1. The fourth-order valence-electron chi connectivity index (χ4n) is 2.21. The Labute approximate surface area is 122 Å². The zero-order valence-corrected chi connectivity index (χ0v) is 12.1. The number of hydrogen-bond acceptors (Lipinski definition) is 4. The molecule has 1 heterocycles. The Morgan fingerprint density at radius 3 is 2.67 bits per heavy atom. The molecule has 1 amide bonds. The monoisotopic (exact) mass is 289 g/mol. The summed E-state index contributed by atoms with van der Waals surface area (Å²) in [5.41, 5.74) is -0.177. The number of benzene rings is 1. The molecule has 0 fully saturated rings. The summed E-state index contributed by atoms with van der Waals surface area (Å²) in [5, 5.41) is 19.5. The molecule has 0 aliphatic rings. The Hall–Kier alpha value is -2.21. The van der Waals surface area contributed by atoms with Crippen LogP contribution in [0.4, 0.5) is 0 Å². The Morgan fingerprint density at radius 1 is 1.33 bits per heavy atom. The van der Waals surface area contributed by atoms with Gasteiger partial charge in [-0.1, -0.05) is 32.0 Å². The summed E-state index contributed by atoms with van der Waals surface area (Å²) in [4.78, 5) is 23.8. The highest BCUT2D eigenvalue weighted by Crippen LogP contribution is 2.12. The average molecular weight is 289 g/mol. The Balaban J connectivity index is 2.17. The summed E-state index contributed by atoms with van der Waals surface area (Å²) in [7, 11) is 0. The van der Waals surface area contributed by atoms with Crippen LogP contribution in [-0.4, -0.2) is 33.9 Å². The van der Waals surface area contributed by atoms with Crippen LogP contribution in [0.25, 0.3) is 10.8 Å². The first-order valence-electron chi connectivity index (χ1n) is 6.92. The van der Waals surface area contributed by atoms with Crippen molar-refractivity contribution in [2.45, 2.75) is 26.4 Å². The van der Waals surface area contributed by atoms with E-state index >= 15 is 0 Å². The molecule has 21 heavy (non-hydrogen) atoms. The van der Waals surface area contributed by atoms with Crippen LogP contribution in [0, 0.1) is 5.92 Å². The number of nitrogens with one attached hydrogen (secondary N) is 2. The van der Waals surface area contributed by atoms with Crippen molar-refractivity contribution < 1.29 is 9.90 Å². The van der Waals surface area contributed by atoms with Crippen LogP contribution < -0.4 is 10.9 Å². The van der Waals surface area contributed by atoms with Crippen molar-refractivity contribution in [3.63, 3.8) is 0 Å². The van der Waals surface area contributed by atoms with E-state index in [0.29, 0.717) is 23.1 Å². The normalized spacial score (nSPS) is 12.6. The van der Waals surface area contributed by atoms with Crippen molar-refractivity contribution in [3.05, 3.63) is 40.3 Å². The maximum atomic E-state index is 12.2. The van der Waals surface area contributed by atoms with E-state index in [9.17, 15) is 14.7 Å². The quantitative estimate of drug-likeness (QED) is 0.767. The molecule has 0 saturated carbocycles. The summed E-state index contributed by atoms with van der Waals surface area (Å²) < 4.78 is 0. The number of aliphatic hydroxyl groups is 1. The second-order valence-corrected chi connectivity index (χ2v) is 5.44. The van der Waals surface area contributed by atoms with E-state index in [1.165, 1.54) is 0 Å². The predicted octanol–water partition coefficient (Wildman–Crippen LogP) is 1.06. The number of carbonyl (C=O) groups is 1. The average Bonchev–Trinajstić information content (AvgIpc) is 2.45. The molecule has 0 aliphatic carbocycles. The van der Waals surface area contributed by atoms with Gasteiger partial charge in [-0.25, -0.2) is 5.10 Å². The van der Waals surface area contributed by atoms with Crippen LogP contribution in [0.1, 0.15) is 30.8 Å². The lowest BCUT2D eigenvalue weighted by Gasteiger charge is -2.13. The van der Waals surface area contributed by atoms with E-state index in [1.807, 2.05) is 13.8 Å². The number of H-pyrrole nitrogens is 1. The SMILES string of the molecule is CC(C)CC(O)CNC(=O)c1n[nH]c(=O)c2ccccc12. The number of aliphatic hydroxyl groups excluding tert-OH is 1. The minimum atomic E-state index is -0.594. The molecule has 2 rings (SSSR count). The largest absolute Gasteiger partial charge is 0.391 e. The van der Waals surface area contributed by atoms with Crippen molar-refractivity contribution in [1.29, 1.82) is 0 Å². The fraction of sp³-hybridized carbons (Fsp3) is 0.400. The number of aromatic amines is 1. The van der Waals surface area contributed by atoms with Crippen LogP contribution in [0.2, 0.25) is 0 Å². The number of rotatable bonds is 5. The van der Waals surface area contributed by atoms with Gasteiger partial charge in [0.25, 0.3) is 11.5 Å². The van der Waals surface area contributed by atoms with Gasteiger partial charge >= 0.3 is 0 Å². The molecule has 1 aromatic carbocycles. The second-order valence-electron chi connectivity index (χ2n) is 5.44. The van der Waals surface area contributed by atoms with Crippen LogP contribution in [-0.2, 0) is 0 Å². The van der Waals surface area contributed by atoms with Gasteiger partial charge in [-0.05, 0) is 18.4 Å². The molecule has 0 spiro atoms. The number of aromatic nitrogens is 2. The van der Waals surface area contributed by atoms with Crippen LogP contribution in [0.15, 0.2) is 29.1 Å². The predicted molar refractivity (Wildman–Crippen MR) is 80.2 cm³/mol. The molecule has 6 heteroatoms. The number of nitrogens with zero attached hydrogens (tertiary/aromatic N) is 1. The summed E-state index contributed by atoms with van der Waals surface area (Å²) in [6, 6.07) is 6.79. The summed E-state index contributed by atoms with van der Waals surface area (Å²) >= 11 is 0. The maximum absolute atomic E-state index is 12.2. The van der Waals surface area contributed by atoms with Crippen LogP contribution >= 0.6 is 0 Å². The van der Waals surface area contributed by atoms with Crippen LogP contribution in [0.5, 0.6) is 0 Å². The molecular formula is C15H19N3O3. The lowest BCUT2D eigenvalue weighted by atomic mass is 10.1. The highest BCUT2D eigenvalue weighted by Gasteiger charge is 2.15. The third-order valence-corrected chi connectivity index (χ3v) is 3.15. The summed E-state index contributed by atoms with van der Waals surface area (Å²) in [6.07, 6.45) is 0.0167. The highest BCUT2D eigenvalue weighted by molar-refractivity contribution is 6.04. The zero-order valence-electron chi connectivity index (χ0n) is 12.1. The minimum absolute atomic E-state index is 0.155. The minimum Gasteiger partial charge on any atom is -0.391 e. The highest BCUT2D eigenvalue weighted by atomic mass is 16.3. The molecule has 0 saturated heterocycles. The van der Waals surface area contributed by atoms with Crippen LogP contribution in [0.3, 0.4) is 0 Å². The molecule has 1 aromatic heterocycles. The molecule has 112 valence electrons. The van der Waals surface area contributed by atoms with E-state index in [2.05, 4.69) is 15.5 Å². The van der Waals surface area contributed by atoms with Crippen molar-refractivity contribution in [2.24, 2.45) is 5.92 Å². The van der Waals surface area contributed by atoms with Gasteiger partial charge in [-0.15, -0.1) is 0 Å². The van der Waals surface area contributed by atoms with E-state index in [-0.39, 0.29) is 17.8 Å². The third-order valence-electron chi connectivity index (χ3n) is 3.15. The molecule has 3 N–H and O–H groups in total. The standard InChI is InChI=1S/C15H19N3O3/c1-9(2)7-10(19)8-16-15(21)13-11-5-3-4-6-12(11)14(20)18-17-13/h3-6,9-10,19H,7-8H2,1-2H3,(H,16,21)(H,18,20). The zero-order chi connectivity index (χ0) is 15.4. The Morgan fingerprint density at radius 2 is 2.00 bits per heavy atom. The Bertz CT molecular complexity index is 694. The van der Waals surface area contributed by atoms with Gasteiger partial charge in [0.1, 0.15) is 0 Å². The van der Waals surface area contributed by atoms with E-state index in [1.54, 1.807) is 24.3 Å². The smallest absolute Gasteiger partial charge is 0.272 e. The maximum Gasteiger partial charge on any atom is 0.272 e. The second kappa shape index (κ2) is 6.49. The molecule has 0 bridgehead atoms. The van der Waals surface area contributed by atoms with Gasteiger partial charge in [0.2, 0.25) is 0 Å². The first-order chi connectivity index (χ1) is 9.99. The molecule has 0 aliphatic heterocycles. The molecule has 2 aromatic rings. The molecular weight excluding hydrogens is 270 g/mol. The summed E-state index contributed by atoms with van der Waals surface area (Å²) in [5.74, 6) is -0.0609. The molecule has 1 unspecified atom stereocenters. The molecule has 0 radical (unpaired) electrons. The van der Waals surface area contributed by atoms with E-state index in [0.717, 1.165) is 0 Å². The number of hydrogen-bond donors (Lipinski definition) is 3. The fourth-order valence-corrected chi connectivity index (χ4v) is 2.21. The number of fused-ring (bicyclic) bond motifs is 1. The van der Waals surface area contributed by atoms with Crippen molar-refractivity contribution in [2.75, 3.05) is 6.54 Å². The molecule has 1 atom stereocenters. The van der Waals surface area contributed by atoms with Crippen molar-refractivity contribution in [3.8, 4) is 0 Å². The van der Waals surface area contributed by atoms with Gasteiger partial charge in [0.05, 0.1) is 11.5 Å². The lowest BCUT2D eigenvalue weighted by Crippen LogP contribution is -2.34. The van der Waals surface area contributed by atoms with Crippen molar-refractivity contribution >= 4 is 16.7 Å². The van der Waals surface area contributed by atoms with Gasteiger partial charge in [0.15, 0.2) is 5.69 Å². The van der Waals surface area contributed by atoms with Crippen molar-refractivity contribution in [1.82, 2.24) is 15.5 Å². The number of carbonyl (C=O) groups excluding carboxylic acids is 1. The van der Waals surface area contributed by atoms with E-state index in [4.69, 9.17) is 0 Å². The van der Waals surface area contributed by atoms with Gasteiger partial charge < -0.3 is 10.4 Å².